The van der Waals surface area contributed by atoms with Crippen LogP contribution in [0, 0.1) is 5.92 Å². The molecule has 0 bridgehead atoms. The van der Waals surface area contributed by atoms with Gasteiger partial charge in [0, 0.05) is 5.56 Å². The number of ether oxygens (including phenoxy) is 1. The van der Waals surface area contributed by atoms with Crippen LogP contribution < -0.4 is 10.1 Å². The molecule has 2 rings (SSSR count). The van der Waals surface area contributed by atoms with Gasteiger partial charge in [0.1, 0.15) is 5.75 Å². The standard InChI is InChI=1S/C16H24N2O2/c1-5-13-15(11(2)3)18(16(19)17-13)10-12-8-6-7-9-14(12)20-4/h6-9,11,13,15H,5,10H2,1-4H3,(H,17,19)/t13-,15+/m1/s1. The highest BCUT2D eigenvalue weighted by Crippen LogP contribution is 2.27. The highest BCUT2D eigenvalue weighted by Gasteiger charge is 2.40. The predicted octanol–water partition coefficient (Wildman–Crippen LogP) is 3.02. The fourth-order valence-corrected chi connectivity index (χ4v) is 3.04. The number of nitrogens with zero attached hydrogens (tertiary/aromatic N) is 1. The smallest absolute Gasteiger partial charge is 0.318 e. The average Bonchev–Trinajstić information content (AvgIpc) is 2.76. The SMILES string of the molecule is CC[C@H]1NC(=O)N(Cc2ccccc2OC)[C@H]1C(C)C. The highest BCUT2D eigenvalue weighted by molar-refractivity contribution is 5.77. The summed E-state index contributed by atoms with van der Waals surface area (Å²) in [6.45, 7) is 7.05. The molecule has 0 unspecified atom stereocenters. The second-order valence-corrected chi connectivity index (χ2v) is 5.64. The van der Waals surface area contributed by atoms with Gasteiger partial charge in [0.15, 0.2) is 0 Å². The maximum atomic E-state index is 12.2. The van der Waals surface area contributed by atoms with Crippen molar-refractivity contribution in [3.63, 3.8) is 0 Å². The maximum absolute atomic E-state index is 12.2. The Morgan fingerprint density at radius 1 is 1.35 bits per heavy atom. The van der Waals surface area contributed by atoms with Gasteiger partial charge in [-0.15, -0.1) is 0 Å². The zero-order valence-electron chi connectivity index (χ0n) is 12.7. The normalized spacial score (nSPS) is 22.2. The number of nitrogens with one attached hydrogen (secondary N) is 1. The van der Waals surface area contributed by atoms with Crippen molar-refractivity contribution in [3.05, 3.63) is 29.8 Å². The molecule has 0 radical (unpaired) electrons. The molecular formula is C16H24N2O2. The molecule has 1 aromatic carbocycles. The maximum Gasteiger partial charge on any atom is 0.318 e. The molecule has 1 fully saturated rings. The minimum atomic E-state index is 0.0291. The summed E-state index contributed by atoms with van der Waals surface area (Å²) >= 11 is 0. The van der Waals surface area contributed by atoms with Crippen LogP contribution in [0.15, 0.2) is 24.3 Å². The zero-order valence-corrected chi connectivity index (χ0v) is 12.7. The van der Waals surface area contributed by atoms with E-state index in [2.05, 4.69) is 26.1 Å². The van der Waals surface area contributed by atoms with Crippen LogP contribution in [0.1, 0.15) is 32.8 Å². The predicted molar refractivity (Wildman–Crippen MR) is 79.8 cm³/mol. The molecule has 0 spiro atoms. The molecule has 2 amide bonds. The minimum absolute atomic E-state index is 0.0291. The van der Waals surface area contributed by atoms with Crippen LogP contribution in [0.4, 0.5) is 4.79 Å². The zero-order chi connectivity index (χ0) is 14.7. The number of carbonyl (C=O) groups excluding carboxylic acids is 1. The number of hydrogen-bond donors (Lipinski definition) is 1. The van der Waals surface area contributed by atoms with Crippen LogP contribution in [0.2, 0.25) is 0 Å². The summed E-state index contributed by atoms with van der Waals surface area (Å²) in [6.07, 6.45) is 0.955. The van der Waals surface area contributed by atoms with Gasteiger partial charge in [0.25, 0.3) is 0 Å². The van der Waals surface area contributed by atoms with E-state index in [4.69, 9.17) is 4.74 Å². The molecule has 1 saturated heterocycles. The third-order valence-corrected chi connectivity index (χ3v) is 4.00. The molecule has 20 heavy (non-hydrogen) atoms. The summed E-state index contributed by atoms with van der Waals surface area (Å²) in [5.74, 6) is 1.26. The lowest BCUT2D eigenvalue weighted by molar-refractivity contribution is 0.177. The first-order valence-corrected chi connectivity index (χ1v) is 7.27. The highest BCUT2D eigenvalue weighted by atomic mass is 16.5. The molecule has 0 saturated carbocycles. The molecule has 2 atom stereocenters. The van der Waals surface area contributed by atoms with Gasteiger partial charge in [-0.2, -0.15) is 0 Å². The van der Waals surface area contributed by atoms with E-state index in [1.807, 2.05) is 29.2 Å². The van der Waals surface area contributed by atoms with Gasteiger partial charge in [-0.25, -0.2) is 4.79 Å². The molecule has 0 aliphatic carbocycles. The van der Waals surface area contributed by atoms with E-state index < -0.39 is 0 Å². The van der Waals surface area contributed by atoms with Gasteiger partial charge < -0.3 is 15.0 Å². The van der Waals surface area contributed by atoms with Crippen molar-refractivity contribution in [2.24, 2.45) is 5.92 Å². The van der Waals surface area contributed by atoms with Crippen LogP contribution in [0.3, 0.4) is 0 Å². The van der Waals surface area contributed by atoms with E-state index in [0.29, 0.717) is 12.5 Å². The quantitative estimate of drug-likeness (QED) is 0.898. The Labute approximate surface area is 121 Å². The van der Waals surface area contributed by atoms with Crippen molar-refractivity contribution in [2.75, 3.05) is 7.11 Å². The molecule has 4 nitrogen and oxygen atoms in total. The first-order valence-electron chi connectivity index (χ1n) is 7.27. The summed E-state index contributed by atoms with van der Waals surface area (Å²) in [5, 5.41) is 3.09. The third kappa shape index (κ3) is 2.74. The van der Waals surface area contributed by atoms with E-state index in [1.165, 1.54) is 0 Å². The van der Waals surface area contributed by atoms with E-state index >= 15 is 0 Å². The van der Waals surface area contributed by atoms with E-state index in [1.54, 1.807) is 7.11 Å². The number of para-hydroxylation sites is 1. The summed E-state index contributed by atoms with van der Waals surface area (Å²) in [5.41, 5.74) is 1.05. The number of rotatable bonds is 5. The van der Waals surface area contributed by atoms with Crippen LogP contribution >= 0.6 is 0 Å². The lowest BCUT2D eigenvalue weighted by Gasteiger charge is -2.29. The molecule has 4 heteroatoms. The Morgan fingerprint density at radius 3 is 2.65 bits per heavy atom. The van der Waals surface area contributed by atoms with Crippen molar-refractivity contribution in [3.8, 4) is 5.75 Å². The number of amides is 2. The van der Waals surface area contributed by atoms with Gasteiger partial charge in [0.05, 0.1) is 25.7 Å². The monoisotopic (exact) mass is 276 g/mol. The largest absolute Gasteiger partial charge is 0.496 e. The van der Waals surface area contributed by atoms with E-state index in [-0.39, 0.29) is 18.1 Å². The second kappa shape index (κ2) is 6.16. The molecule has 110 valence electrons. The van der Waals surface area contributed by atoms with Crippen LogP contribution in [0.5, 0.6) is 5.75 Å². The Kier molecular flexibility index (Phi) is 4.53. The fourth-order valence-electron chi connectivity index (χ4n) is 3.04. The third-order valence-electron chi connectivity index (χ3n) is 4.00. The molecule has 1 aromatic rings. The molecule has 1 N–H and O–H groups in total. The number of hydrogen-bond acceptors (Lipinski definition) is 2. The number of urea groups is 1. The Hall–Kier alpha value is -1.71. The summed E-state index contributed by atoms with van der Waals surface area (Å²) < 4.78 is 5.38. The van der Waals surface area contributed by atoms with E-state index in [0.717, 1.165) is 17.7 Å². The van der Waals surface area contributed by atoms with Gasteiger partial charge >= 0.3 is 6.03 Å². The fraction of sp³-hybridized carbons (Fsp3) is 0.562. The summed E-state index contributed by atoms with van der Waals surface area (Å²) in [4.78, 5) is 14.2. The molecule has 1 heterocycles. The van der Waals surface area contributed by atoms with Crippen molar-refractivity contribution in [2.45, 2.75) is 45.8 Å². The number of methoxy groups -OCH3 is 1. The van der Waals surface area contributed by atoms with Crippen LogP contribution in [-0.4, -0.2) is 30.1 Å². The Balaban J connectivity index is 2.24. The molecule has 0 aromatic heterocycles. The van der Waals surface area contributed by atoms with Crippen LogP contribution in [0.25, 0.3) is 0 Å². The first-order chi connectivity index (χ1) is 9.58. The first kappa shape index (κ1) is 14.7. The van der Waals surface area contributed by atoms with Gasteiger partial charge in [-0.1, -0.05) is 39.0 Å². The van der Waals surface area contributed by atoms with Gasteiger partial charge in [-0.3, -0.25) is 0 Å². The minimum Gasteiger partial charge on any atom is -0.496 e. The molecular weight excluding hydrogens is 252 g/mol. The topological polar surface area (TPSA) is 41.6 Å². The summed E-state index contributed by atoms with van der Waals surface area (Å²) in [7, 11) is 1.66. The second-order valence-electron chi connectivity index (χ2n) is 5.64. The molecule has 1 aliphatic rings. The van der Waals surface area contributed by atoms with Crippen molar-refractivity contribution >= 4 is 6.03 Å². The Bertz CT molecular complexity index is 473. The number of benzene rings is 1. The van der Waals surface area contributed by atoms with Crippen LogP contribution in [-0.2, 0) is 6.54 Å². The van der Waals surface area contributed by atoms with Gasteiger partial charge in [-0.05, 0) is 18.4 Å². The summed E-state index contributed by atoms with van der Waals surface area (Å²) in [6, 6.07) is 8.37. The van der Waals surface area contributed by atoms with Crippen molar-refractivity contribution in [1.29, 1.82) is 0 Å². The number of carbonyl (C=O) groups is 1. The Morgan fingerprint density at radius 2 is 2.05 bits per heavy atom. The lowest BCUT2D eigenvalue weighted by Crippen LogP contribution is -2.40. The van der Waals surface area contributed by atoms with Gasteiger partial charge in [0.2, 0.25) is 0 Å². The van der Waals surface area contributed by atoms with E-state index in [9.17, 15) is 4.79 Å². The average molecular weight is 276 g/mol. The van der Waals surface area contributed by atoms with Crippen molar-refractivity contribution < 1.29 is 9.53 Å². The lowest BCUT2D eigenvalue weighted by atomic mass is 9.95. The van der Waals surface area contributed by atoms with Crippen molar-refractivity contribution in [1.82, 2.24) is 10.2 Å². The molecule has 1 aliphatic heterocycles.